The highest BCUT2D eigenvalue weighted by atomic mass is 32.1. The van der Waals surface area contributed by atoms with Gasteiger partial charge in [-0.15, -0.1) is 11.3 Å². The van der Waals surface area contributed by atoms with Gasteiger partial charge in [0.15, 0.2) is 0 Å². The second-order valence-corrected chi connectivity index (χ2v) is 10.5. The van der Waals surface area contributed by atoms with E-state index >= 15 is 0 Å². The standard InChI is InChI=1S/C26H35N3O2S/c1-19(2)17-28(26(31)27-21-11-7-4-8-12-21)18-24(30)29-15-13-23-22(14-16-32-23)25(29)20-9-5-3-6-10-20/h3,5-6,9-10,14,16,19,21,25H,4,7-8,11-13,15,17-18H2,1-2H3,(H,27,31). The van der Waals surface area contributed by atoms with Crippen LogP contribution in [0, 0.1) is 5.92 Å². The number of benzene rings is 1. The van der Waals surface area contributed by atoms with Gasteiger partial charge in [0.05, 0.1) is 6.04 Å². The molecule has 4 rings (SSSR count). The summed E-state index contributed by atoms with van der Waals surface area (Å²) in [5.41, 5.74) is 2.35. The van der Waals surface area contributed by atoms with E-state index in [2.05, 4.69) is 42.7 Å². The molecule has 172 valence electrons. The highest BCUT2D eigenvalue weighted by Crippen LogP contribution is 2.37. The summed E-state index contributed by atoms with van der Waals surface area (Å²) in [6, 6.07) is 12.5. The average Bonchev–Trinajstić information content (AvgIpc) is 3.28. The molecule has 1 aromatic heterocycles. The molecule has 0 saturated heterocycles. The fourth-order valence-electron chi connectivity index (χ4n) is 5.01. The SMILES string of the molecule is CC(C)CN(CC(=O)N1CCc2sccc2C1c1ccccc1)C(=O)NC1CCCCC1. The van der Waals surface area contributed by atoms with E-state index in [1.807, 2.05) is 23.1 Å². The van der Waals surface area contributed by atoms with Gasteiger partial charge < -0.3 is 15.1 Å². The smallest absolute Gasteiger partial charge is 0.318 e. The number of hydrogen-bond donors (Lipinski definition) is 1. The maximum Gasteiger partial charge on any atom is 0.318 e. The number of carbonyl (C=O) groups is 2. The molecule has 1 fully saturated rings. The van der Waals surface area contributed by atoms with Crippen LogP contribution in [0.3, 0.4) is 0 Å². The number of carbonyl (C=O) groups excluding carboxylic acids is 2. The molecule has 1 aliphatic carbocycles. The molecule has 1 saturated carbocycles. The van der Waals surface area contributed by atoms with Crippen LogP contribution in [0.25, 0.3) is 0 Å². The largest absolute Gasteiger partial charge is 0.335 e. The van der Waals surface area contributed by atoms with Crippen molar-refractivity contribution in [1.29, 1.82) is 0 Å². The van der Waals surface area contributed by atoms with Crippen LogP contribution in [-0.2, 0) is 11.2 Å². The summed E-state index contributed by atoms with van der Waals surface area (Å²) < 4.78 is 0. The Morgan fingerprint density at radius 1 is 1.12 bits per heavy atom. The molecule has 0 spiro atoms. The molecule has 0 bridgehead atoms. The van der Waals surface area contributed by atoms with E-state index in [4.69, 9.17) is 0 Å². The van der Waals surface area contributed by atoms with Gasteiger partial charge in [0.2, 0.25) is 5.91 Å². The Balaban J connectivity index is 1.52. The second-order valence-electron chi connectivity index (χ2n) is 9.51. The van der Waals surface area contributed by atoms with Gasteiger partial charge in [-0.3, -0.25) is 4.79 Å². The van der Waals surface area contributed by atoms with Crippen LogP contribution < -0.4 is 5.32 Å². The summed E-state index contributed by atoms with van der Waals surface area (Å²) in [6.45, 7) is 5.58. The van der Waals surface area contributed by atoms with Crippen molar-refractivity contribution in [2.75, 3.05) is 19.6 Å². The van der Waals surface area contributed by atoms with Crippen LogP contribution in [0.4, 0.5) is 4.79 Å². The average molecular weight is 454 g/mol. The van der Waals surface area contributed by atoms with E-state index in [1.54, 1.807) is 16.2 Å². The zero-order valence-corrected chi connectivity index (χ0v) is 20.1. The van der Waals surface area contributed by atoms with Gasteiger partial charge in [-0.1, -0.05) is 63.4 Å². The van der Waals surface area contributed by atoms with Gasteiger partial charge >= 0.3 is 6.03 Å². The summed E-state index contributed by atoms with van der Waals surface area (Å²) in [5, 5.41) is 5.33. The topological polar surface area (TPSA) is 52.7 Å². The Morgan fingerprint density at radius 3 is 2.59 bits per heavy atom. The fraction of sp³-hybridized carbons (Fsp3) is 0.538. The highest BCUT2D eigenvalue weighted by Gasteiger charge is 2.34. The predicted molar refractivity (Wildman–Crippen MR) is 130 cm³/mol. The van der Waals surface area contributed by atoms with Crippen LogP contribution in [-0.4, -0.2) is 47.4 Å². The first-order valence-corrected chi connectivity index (χ1v) is 12.9. The molecular weight excluding hydrogens is 418 g/mol. The first-order chi connectivity index (χ1) is 15.5. The first-order valence-electron chi connectivity index (χ1n) is 12.0. The number of hydrogen-bond acceptors (Lipinski definition) is 3. The molecule has 6 heteroatoms. The van der Waals surface area contributed by atoms with E-state index in [-0.39, 0.29) is 30.6 Å². The van der Waals surface area contributed by atoms with Crippen LogP contribution in [0.15, 0.2) is 41.8 Å². The van der Waals surface area contributed by atoms with Crippen molar-refractivity contribution in [3.63, 3.8) is 0 Å². The Bertz CT molecular complexity index is 905. The Hall–Kier alpha value is -2.34. The summed E-state index contributed by atoms with van der Waals surface area (Å²) >= 11 is 1.77. The monoisotopic (exact) mass is 453 g/mol. The van der Waals surface area contributed by atoms with Gasteiger partial charge in [0.1, 0.15) is 6.54 Å². The van der Waals surface area contributed by atoms with Gasteiger partial charge in [0.25, 0.3) is 0 Å². The number of nitrogens with one attached hydrogen (secondary N) is 1. The third-order valence-corrected chi connectivity index (χ3v) is 7.53. The van der Waals surface area contributed by atoms with Crippen LogP contribution in [0.2, 0.25) is 0 Å². The van der Waals surface area contributed by atoms with Crippen LogP contribution in [0.1, 0.15) is 68.0 Å². The summed E-state index contributed by atoms with van der Waals surface area (Å²) in [5.74, 6) is 0.324. The minimum absolute atomic E-state index is 0.0233. The lowest BCUT2D eigenvalue weighted by molar-refractivity contribution is -0.134. The van der Waals surface area contributed by atoms with Gasteiger partial charge in [-0.2, -0.15) is 0 Å². The minimum Gasteiger partial charge on any atom is -0.335 e. The molecule has 5 nitrogen and oxygen atoms in total. The van der Waals surface area contributed by atoms with Crippen LogP contribution >= 0.6 is 11.3 Å². The molecule has 1 unspecified atom stereocenters. The number of rotatable bonds is 6. The van der Waals surface area contributed by atoms with Gasteiger partial charge in [0, 0.05) is 24.0 Å². The Kier molecular flexibility index (Phi) is 7.51. The molecule has 1 atom stereocenters. The molecule has 2 aliphatic rings. The number of amides is 3. The Morgan fingerprint density at radius 2 is 1.88 bits per heavy atom. The van der Waals surface area contributed by atoms with Crippen molar-refractivity contribution < 1.29 is 9.59 Å². The van der Waals surface area contributed by atoms with Gasteiger partial charge in [-0.05, 0) is 47.8 Å². The van der Waals surface area contributed by atoms with Gasteiger partial charge in [-0.25, -0.2) is 4.79 Å². The summed E-state index contributed by atoms with van der Waals surface area (Å²) in [6.07, 6.45) is 6.55. The van der Waals surface area contributed by atoms with E-state index in [0.29, 0.717) is 19.0 Å². The Labute approximate surface area is 195 Å². The molecule has 32 heavy (non-hydrogen) atoms. The van der Waals surface area contributed by atoms with Crippen molar-refractivity contribution in [2.45, 2.75) is 64.5 Å². The lowest BCUT2D eigenvalue weighted by Gasteiger charge is -2.38. The zero-order chi connectivity index (χ0) is 22.5. The third kappa shape index (κ3) is 5.34. The second kappa shape index (κ2) is 10.5. The van der Waals surface area contributed by atoms with Crippen LogP contribution in [0.5, 0.6) is 0 Å². The molecule has 1 aliphatic heterocycles. The third-order valence-electron chi connectivity index (χ3n) is 6.53. The number of thiophene rings is 1. The lowest BCUT2D eigenvalue weighted by Crippen LogP contribution is -2.51. The fourth-order valence-corrected chi connectivity index (χ4v) is 5.91. The van der Waals surface area contributed by atoms with E-state index in [0.717, 1.165) is 24.8 Å². The van der Waals surface area contributed by atoms with Crippen molar-refractivity contribution >= 4 is 23.3 Å². The summed E-state index contributed by atoms with van der Waals surface area (Å²) in [7, 11) is 0. The molecule has 2 heterocycles. The molecule has 1 aromatic carbocycles. The minimum atomic E-state index is -0.0940. The van der Waals surface area contributed by atoms with E-state index in [9.17, 15) is 9.59 Å². The lowest BCUT2D eigenvalue weighted by atomic mass is 9.93. The number of urea groups is 1. The molecule has 1 N–H and O–H groups in total. The van der Waals surface area contributed by atoms with E-state index in [1.165, 1.54) is 29.7 Å². The molecule has 3 amide bonds. The maximum absolute atomic E-state index is 13.6. The molecule has 2 aromatic rings. The predicted octanol–water partition coefficient (Wildman–Crippen LogP) is 5.22. The van der Waals surface area contributed by atoms with E-state index < -0.39 is 0 Å². The first kappa shape index (κ1) is 22.8. The molecular formula is C26H35N3O2S. The normalized spacial score (nSPS) is 19.0. The zero-order valence-electron chi connectivity index (χ0n) is 19.3. The van der Waals surface area contributed by atoms with Crippen molar-refractivity contribution in [3.05, 3.63) is 57.8 Å². The highest BCUT2D eigenvalue weighted by molar-refractivity contribution is 7.10. The molecule has 0 radical (unpaired) electrons. The van der Waals surface area contributed by atoms with Crippen molar-refractivity contribution in [2.24, 2.45) is 5.92 Å². The summed E-state index contributed by atoms with van der Waals surface area (Å²) in [4.78, 5) is 31.8. The number of fused-ring (bicyclic) bond motifs is 1. The maximum atomic E-state index is 13.6. The quantitative estimate of drug-likeness (QED) is 0.652. The van der Waals surface area contributed by atoms with Crippen molar-refractivity contribution in [3.8, 4) is 0 Å². The van der Waals surface area contributed by atoms with Crippen molar-refractivity contribution in [1.82, 2.24) is 15.1 Å². The number of nitrogens with zero attached hydrogens (tertiary/aromatic N) is 2.